The Labute approximate surface area is 114 Å². The molecule has 1 aliphatic carbocycles. The second-order valence-corrected chi connectivity index (χ2v) is 6.82. The summed E-state index contributed by atoms with van der Waals surface area (Å²) in [5, 5.41) is 1.77. The molecule has 1 aliphatic rings. The molecule has 0 aliphatic heterocycles. The van der Waals surface area contributed by atoms with Crippen LogP contribution in [0.1, 0.15) is 29.6 Å². The van der Waals surface area contributed by atoms with Crippen molar-refractivity contribution < 1.29 is 0 Å². The zero-order valence-corrected chi connectivity index (χ0v) is 12.0. The summed E-state index contributed by atoms with van der Waals surface area (Å²) in [6, 6.07) is 0. The molecule has 0 radical (unpaired) electrons. The Morgan fingerprint density at radius 3 is 3.06 bits per heavy atom. The molecule has 0 unspecified atom stereocenters. The maximum Gasteiger partial charge on any atom is 0.141 e. The van der Waals surface area contributed by atoms with Crippen LogP contribution in [0, 0.1) is 0 Å². The summed E-state index contributed by atoms with van der Waals surface area (Å²) in [6.45, 7) is 2.14. The second-order valence-electron chi connectivity index (χ2n) is 4.11. The van der Waals surface area contributed by atoms with Gasteiger partial charge in [-0.3, -0.25) is 0 Å². The Hall–Kier alpha value is -0.320. The number of rotatable bonds is 3. The molecule has 2 aromatic rings. The Morgan fingerprint density at radius 2 is 2.24 bits per heavy atom. The standard InChI is InChI=1S/C12H13ClN2S2/c1-2-16-6-9-14-11(13)10-7-4-3-5-8(7)17-12(10)15-9/h2-6H2,1H3. The third kappa shape index (κ3) is 2.07. The van der Waals surface area contributed by atoms with Gasteiger partial charge < -0.3 is 0 Å². The van der Waals surface area contributed by atoms with Gasteiger partial charge in [-0.1, -0.05) is 18.5 Å². The number of aryl methyl sites for hydroxylation is 2. The van der Waals surface area contributed by atoms with E-state index < -0.39 is 0 Å². The molecule has 2 nitrogen and oxygen atoms in total. The quantitative estimate of drug-likeness (QED) is 0.794. The van der Waals surface area contributed by atoms with Crippen molar-refractivity contribution in [2.24, 2.45) is 0 Å². The molecule has 0 amide bonds. The van der Waals surface area contributed by atoms with Gasteiger partial charge in [0.15, 0.2) is 0 Å². The number of fused-ring (bicyclic) bond motifs is 3. The van der Waals surface area contributed by atoms with E-state index in [1.807, 2.05) is 11.8 Å². The lowest BCUT2D eigenvalue weighted by molar-refractivity contribution is 0.916. The van der Waals surface area contributed by atoms with Crippen molar-refractivity contribution >= 4 is 44.9 Å². The van der Waals surface area contributed by atoms with Crippen LogP contribution in [0.4, 0.5) is 0 Å². The lowest BCUT2D eigenvalue weighted by atomic mass is 10.2. The van der Waals surface area contributed by atoms with Crippen LogP contribution in [-0.2, 0) is 18.6 Å². The lowest BCUT2D eigenvalue weighted by Gasteiger charge is -2.01. The summed E-state index contributed by atoms with van der Waals surface area (Å²) in [6.07, 6.45) is 3.58. The van der Waals surface area contributed by atoms with Gasteiger partial charge in [-0.05, 0) is 30.6 Å². The van der Waals surface area contributed by atoms with E-state index in [1.54, 1.807) is 11.3 Å². The predicted octanol–water partition coefficient (Wildman–Crippen LogP) is 4.09. The summed E-state index contributed by atoms with van der Waals surface area (Å²) < 4.78 is 0. The molecule has 0 N–H and O–H groups in total. The van der Waals surface area contributed by atoms with Crippen LogP contribution in [0.5, 0.6) is 0 Å². The Kier molecular flexibility index (Phi) is 3.28. The summed E-state index contributed by atoms with van der Waals surface area (Å²) in [5.74, 6) is 2.81. The third-order valence-electron chi connectivity index (χ3n) is 3.00. The molecule has 0 fully saturated rings. The molecule has 2 aromatic heterocycles. The molecule has 0 atom stereocenters. The Morgan fingerprint density at radius 1 is 1.35 bits per heavy atom. The van der Waals surface area contributed by atoms with Crippen molar-refractivity contribution in [3.8, 4) is 0 Å². The summed E-state index contributed by atoms with van der Waals surface area (Å²) in [4.78, 5) is 11.6. The fraction of sp³-hybridized carbons (Fsp3) is 0.500. The first kappa shape index (κ1) is 11.8. The normalized spacial score (nSPS) is 14.5. The van der Waals surface area contributed by atoms with E-state index in [4.69, 9.17) is 11.6 Å². The SMILES string of the molecule is CCSCc1nc(Cl)c2c3c(sc2n1)CCC3. The first-order chi connectivity index (χ1) is 8.29. The molecule has 5 heteroatoms. The highest BCUT2D eigenvalue weighted by Gasteiger charge is 2.21. The minimum absolute atomic E-state index is 0.654. The predicted molar refractivity (Wildman–Crippen MR) is 76.3 cm³/mol. The largest absolute Gasteiger partial charge is 0.221 e. The zero-order chi connectivity index (χ0) is 11.8. The number of thioether (sulfide) groups is 1. The molecular formula is C12H13ClN2S2. The molecule has 3 rings (SSSR count). The number of hydrogen-bond acceptors (Lipinski definition) is 4. The molecule has 90 valence electrons. The first-order valence-electron chi connectivity index (χ1n) is 5.84. The third-order valence-corrected chi connectivity index (χ3v) is 5.33. The van der Waals surface area contributed by atoms with E-state index in [9.17, 15) is 0 Å². The molecule has 0 saturated heterocycles. The Balaban J connectivity index is 2.08. The molecule has 0 aromatic carbocycles. The van der Waals surface area contributed by atoms with E-state index in [2.05, 4.69) is 16.9 Å². The molecular weight excluding hydrogens is 272 g/mol. The van der Waals surface area contributed by atoms with E-state index in [0.717, 1.165) is 34.0 Å². The topological polar surface area (TPSA) is 25.8 Å². The Bertz CT molecular complexity index is 565. The minimum Gasteiger partial charge on any atom is -0.221 e. The maximum absolute atomic E-state index is 6.31. The van der Waals surface area contributed by atoms with Crippen LogP contribution in [0.2, 0.25) is 5.15 Å². The molecule has 17 heavy (non-hydrogen) atoms. The van der Waals surface area contributed by atoms with E-state index >= 15 is 0 Å². The number of hydrogen-bond donors (Lipinski definition) is 0. The van der Waals surface area contributed by atoms with Gasteiger partial charge in [0.1, 0.15) is 15.8 Å². The van der Waals surface area contributed by atoms with Gasteiger partial charge in [0.25, 0.3) is 0 Å². The smallest absolute Gasteiger partial charge is 0.141 e. The number of thiophene rings is 1. The van der Waals surface area contributed by atoms with Crippen molar-refractivity contribution in [3.63, 3.8) is 0 Å². The monoisotopic (exact) mass is 284 g/mol. The van der Waals surface area contributed by atoms with Crippen molar-refractivity contribution in [2.45, 2.75) is 31.9 Å². The highest BCUT2D eigenvalue weighted by atomic mass is 35.5. The van der Waals surface area contributed by atoms with Crippen LogP contribution in [0.15, 0.2) is 0 Å². The van der Waals surface area contributed by atoms with Crippen LogP contribution < -0.4 is 0 Å². The molecule has 0 spiro atoms. The number of halogens is 1. The fourth-order valence-electron chi connectivity index (χ4n) is 2.25. The van der Waals surface area contributed by atoms with E-state index in [1.165, 1.54) is 23.3 Å². The van der Waals surface area contributed by atoms with Crippen molar-refractivity contribution in [2.75, 3.05) is 5.75 Å². The average molecular weight is 285 g/mol. The average Bonchev–Trinajstić information content (AvgIpc) is 2.85. The van der Waals surface area contributed by atoms with Gasteiger partial charge in [-0.2, -0.15) is 11.8 Å². The van der Waals surface area contributed by atoms with Gasteiger partial charge in [0.2, 0.25) is 0 Å². The van der Waals surface area contributed by atoms with Crippen molar-refractivity contribution in [3.05, 3.63) is 21.4 Å². The molecule has 0 bridgehead atoms. The molecule has 0 saturated carbocycles. The van der Waals surface area contributed by atoms with E-state index in [0.29, 0.717) is 5.15 Å². The van der Waals surface area contributed by atoms with Crippen LogP contribution >= 0.6 is 34.7 Å². The van der Waals surface area contributed by atoms with Crippen molar-refractivity contribution in [1.29, 1.82) is 0 Å². The highest BCUT2D eigenvalue weighted by molar-refractivity contribution is 7.98. The van der Waals surface area contributed by atoms with Gasteiger partial charge >= 0.3 is 0 Å². The minimum atomic E-state index is 0.654. The van der Waals surface area contributed by atoms with Gasteiger partial charge in [-0.25, -0.2) is 9.97 Å². The van der Waals surface area contributed by atoms with Crippen molar-refractivity contribution in [1.82, 2.24) is 9.97 Å². The van der Waals surface area contributed by atoms with Crippen LogP contribution in [0.25, 0.3) is 10.2 Å². The summed E-state index contributed by atoms with van der Waals surface area (Å²) in [7, 11) is 0. The summed E-state index contributed by atoms with van der Waals surface area (Å²) in [5.41, 5.74) is 1.41. The van der Waals surface area contributed by atoms with Crippen LogP contribution in [-0.4, -0.2) is 15.7 Å². The second kappa shape index (κ2) is 4.75. The highest BCUT2D eigenvalue weighted by Crippen LogP contribution is 2.39. The zero-order valence-electron chi connectivity index (χ0n) is 9.62. The lowest BCUT2D eigenvalue weighted by Crippen LogP contribution is -1.94. The van der Waals surface area contributed by atoms with Crippen LogP contribution in [0.3, 0.4) is 0 Å². The van der Waals surface area contributed by atoms with Gasteiger partial charge in [-0.15, -0.1) is 11.3 Å². The first-order valence-corrected chi connectivity index (χ1v) is 8.19. The van der Waals surface area contributed by atoms with Gasteiger partial charge in [0.05, 0.1) is 11.1 Å². The fourth-order valence-corrected chi connectivity index (χ4v) is 4.40. The summed E-state index contributed by atoms with van der Waals surface area (Å²) >= 11 is 9.95. The van der Waals surface area contributed by atoms with Gasteiger partial charge in [0, 0.05) is 4.88 Å². The number of nitrogens with zero attached hydrogens (tertiary/aromatic N) is 2. The van der Waals surface area contributed by atoms with E-state index in [-0.39, 0.29) is 0 Å². The molecule has 2 heterocycles. The maximum atomic E-state index is 6.31. The number of aromatic nitrogens is 2.